The first-order chi connectivity index (χ1) is 13.6. The summed E-state index contributed by atoms with van der Waals surface area (Å²) in [5.41, 5.74) is 1.70. The number of benzene rings is 2. The SMILES string of the molecule is CCOc1ccc(-n2nnnc2SCC(=O)N(c2ccccc2)C(C)C)cc1. The number of carbonyl (C=O) groups is 1. The zero-order valence-corrected chi connectivity index (χ0v) is 17.0. The second kappa shape index (κ2) is 9.36. The third-order valence-corrected chi connectivity index (χ3v) is 4.88. The minimum absolute atomic E-state index is 0.00689. The van der Waals surface area contributed by atoms with Gasteiger partial charge in [-0.3, -0.25) is 4.79 Å². The molecule has 1 amide bonds. The molecule has 0 spiro atoms. The van der Waals surface area contributed by atoms with Crippen molar-refractivity contribution in [3.8, 4) is 11.4 Å². The van der Waals surface area contributed by atoms with E-state index in [4.69, 9.17) is 4.74 Å². The van der Waals surface area contributed by atoms with Crippen LogP contribution in [0.15, 0.2) is 59.8 Å². The zero-order chi connectivity index (χ0) is 19.9. The highest BCUT2D eigenvalue weighted by molar-refractivity contribution is 7.99. The van der Waals surface area contributed by atoms with Crippen molar-refractivity contribution in [1.82, 2.24) is 20.2 Å². The molecule has 2 aromatic carbocycles. The molecule has 7 nitrogen and oxygen atoms in total. The second-order valence-corrected chi connectivity index (χ2v) is 7.22. The summed E-state index contributed by atoms with van der Waals surface area (Å²) in [6.45, 7) is 6.55. The maximum Gasteiger partial charge on any atom is 0.237 e. The molecule has 0 aliphatic rings. The number of nitrogens with zero attached hydrogens (tertiary/aromatic N) is 5. The van der Waals surface area contributed by atoms with Gasteiger partial charge >= 0.3 is 0 Å². The number of anilines is 1. The summed E-state index contributed by atoms with van der Waals surface area (Å²) in [4.78, 5) is 14.6. The number of carbonyl (C=O) groups excluding carboxylic acids is 1. The molecule has 3 aromatic rings. The van der Waals surface area contributed by atoms with Crippen molar-refractivity contribution >= 4 is 23.4 Å². The molecular weight excluding hydrogens is 374 g/mol. The van der Waals surface area contributed by atoms with Crippen LogP contribution in [0.2, 0.25) is 0 Å². The molecule has 1 aromatic heterocycles. The van der Waals surface area contributed by atoms with Gasteiger partial charge < -0.3 is 9.64 Å². The van der Waals surface area contributed by atoms with E-state index in [2.05, 4.69) is 15.5 Å². The summed E-state index contributed by atoms with van der Waals surface area (Å²) < 4.78 is 7.08. The van der Waals surface area contributed by atoms with Crippen molar-refractivity contribution in [3.63, 3.8) is 0 Å². The molecule has 3 rings (SSSR count). The number of ether oxygens (including phenoxy) is 1. The average molecular weight is 398 g/mol. The van der Waals surface area contributed by atoms with E-state index >= 15 is 0 Å². The van der Waals surface area contributed by atoms with E-state index in [0.29, 0.717) is 11.8 Å². The molecule has 0 saturated heterocycles. The lowest BCUT2D eigenvalue weighted by atomic mass is 10.2. The fourth-order valence-corrected chi connectivity index (χ4v) is 3.55. The van der Waals surface area contributed by atoms with Crippen LogP contribution in [-0.2, 0) is 4.79 Å². The van der Waals surface area contributed by atoms with E-state index in [1.165, 1.54) is 11.8 Å². The van der Waals surface area contributed by atoms with E-state index in [9.17, 15) is 4.79 Å². The van der Waals surface area contributed by atoms with Gasteiger partial charge in [0.1, 0.15) is 5.75 Å². The Labute approximate surface area is 168 Å². The summed E-state index contributed by atoms with van der Waals surface area (Å²) in [6.07, 6.45) is 0. The second-order valence-electron chi connectivity index (χ2n) is 6.28. The molecule has 146 valence electrons. The predicted octanol–water partition coefficient (Wildman–Crippen LogP) is 3.59. The predicted molar refractivity (Wildman–Crippen MR) is 110 cm³/mol. The molecule has 1 heterocycles. The molecule has 0 aliphatic carbocycles. The molecule has 0 unspecified atom stereocenters. The van der Waals surface area contributed by atoms with Gasteiger partial charge in [-0.1, -0.05) is 30.0 Å². The third kappa shape index (κ3) is 4.69. The maximum atomic E-state index is 12.9. The third-order valence-electron chi connectivity index (χ3n) is 3.98. The van der Waals surface area contributed by atoms with Crippen molar-refractivity contribution in [3.05, 3.63) is 54.6 Å². The van der Waals surface area contributed by atoms with Gasteiger partial charge in [0.25, 0.3) is 0 Å². The fraction of sp³-hybridized carbons (Fsp3) is 0.300. The highest BCUT2D eigenvalue weighted by Gasteiger charge is 2.20. The van der Waals surface area contributed by atoms with Crippen molar-refractivity contribution in [2.45, 2.75) is 32.0 Å². The molecule has 28 heavy (non-hydrogen) atoms. The van der Waals surface area contributed by atoms with Gasteiger partial charge in [-0.05, 0) is 67.6 Å². The summed E-state index contributed by atoms with van der Waals surface area (Å²) in [7, 11) is 0. The van der Waals surface area contributed by atoms with E-state index in [1.807, 2.05) is 75.4 Å². The molecule has 0 N–H and O–H groups in total. The first-order valence-corrected chi connectivity index (χ1v) is 10.1. The van der Waals surface area contributed by atoms with E-state index in [-0.39, 0.29) is 17.7 Å². The Balaban J connectivity index is 1.71. The monoisotopic (exact) mass is 397 g/mol. The number of aromatic nitrogens is 4. The topological polar surface area (TPSA) is 73.1 Å². The average Bonchev–Trinajstić information content (AvgIpc) is 3.16. The Morgan fingerprint density at radius 3 is 2.50 bits per heavy atom. The lowest BCUT2D eigenvalue weighted by molar-refractivity contribution is -0.116. The van der Waals surface area contributed by atoms with Gasteiger partial charge in [0.2, 0.25) is 11.1 Å². The number of rotatable bonds is 8. The Morgan fingerprint density at radius 2 is 1.86 bits per heavy atom. The van der Waals surface area contributed by atoms with Crippen LogP contribution in [0.25, 0.3) is 5.69 Å². The maximum absolute atomic E-state index is 12.9. The highest BCUT2D eigenvalue weighted by Crippen LogP contribution is 2.23. The Morgan fingerprint density at radius 1 is 1.14 bits per heavy atom. The van der Waals surface area contributed by atoms with Crippen molar-refractivity contribution in [1.29, 1.82) is 0 Å². The lowest BCUT2D eigenvalue weighted by Crippen LogP contribution is -2.38. The first kappa shape index (κ1) is 19.9. The van der Waals surface area contributed by atoms with Crippen LogP contribution in [0.4, 0.5) is 5.69 Å². The van der Waals surface area contributed by atoms with E-state index < -0.39 is 0 Å². The van der Waals surface area contributed by atoms with E-state index in [1.54, 1.807) is 9.58 Å². The van der Waals surface area contributed by atoms with Crippen molar-refractivity contribution < 1.29 is 9.53 Å². The number of para-hydroxylation sites is 1. The normalized spacial score (nSPS) is 10.9. The van der Waals surface area contributed by atoms with Crippen molar-refractivity contribution in [2.75, 3.05) is 17.3 Å². The molecule has 0 saturated carbocycles. The number of hydrogen-bond acceptors (Lipinski definition) is 6. The van der Waals surface area contributed by atoms with Crippen LogP contribution in [0.3, 0.4) is 0 Å². The summed E-state index contributed by atoms with van der Waals surface area (Å²) >= 11 is 1.32. The van der Waals surface area contributed by atoms with Gasteiger partial charge in [-0.15, -0.1) is 5.10 Å². The van der Waals surface area contributed by atoms with Gasteiger partial charge in [-0.2, -0.15) is 4.68 Å². The van der Waals surface area contributed by atoms with Gasteiger partial charge in [0, 0.05) is 11.7 Å². The molecule has 0 fully saturated rings. The highest BCUT2D eigenvalue weighted by atomic mass is 32.2. The standard InChI is InChI=1S/C20H23N5O2S/c1-4-27-18-12-10-17(11-13-18)25-20(21-22-23-25)28-14-19(26)24(15(2)3)16-8-6-5-7-9-16/h5-13,15H,4,14H2,1-3H3. The van der Waals surface area contributed by atoms with Gasteiger partial charge in [0.15, 0.2) is 0 Å². The number of thioether (sulfide) groups is 1. The van der Waals surface area contributed by atoms with Crippen LogP contribution >= 0.6 is 11.8 Å². The van der Waals surface area contributed by atoms with Crippen LogP contribution in [0.1, 0.15) is 20.8 Å². The minimum Gasteiger partial charge on any atom is -0.494 e. The largest absolute Gasteiger partial charge is 0.494 e. The number of hydrogen-bond donors (Lipinski definition) is 0. The van der Waals surface area contributed by atoms with Crippen LogP contribution < -0.4 is 9.64 Å². The molecule has 0 bridgehead atoms. The zero-order valence-electron chi connectivity index (χ0n) is 16.1. The Bertz CT molecular complexity index is 896. The Hall–Kier alpha value is -2.87. The summed E-state index contributed by atoms with van der Waals surface area (Å²) in [5, 5.41) is 12.4. The summed E-state index contributed by atoms with van der Waals surface area (Å²) in [6, 6.07) is 17.2. The molecule has 0 radical (unpaired) electrons. The smallest absolute Gasteiger partial charge is 0.237 e. The molecule has 0 aliphatic heterocycles. The fourth-order valence-electron chi connectivity index (χ4n) is 2.80. The van der Waals surface area contributed by atoms with E-state index in [0.717, 1.165) is 17.1 Å². The van der Waals surface area contributed by atoms with Crippen LogP contribution in [0, 0.1) is 0 Å². The van der Waals surface area contributed by atoms with Crippen LogP contribution in [-0.4, -0.2) is 44.5 Å². The quantitative estimate of drug-likeness (QED) is 0.541. The number of tetrazole rings is 1. The van der Waals surface area contributed by atoms with Crippen molar-refractivity contribution in [2.24, 2.45) is 0 Å². The minimum atomic E-state index is 0.00689. The summed E-state index contributed by atoms with van der Waals surface area (Å²) in [5.74, 6) is 1.04. The van der Waals surface area contributed by atoms with Crippen LogP contribution in [0.5, 0.6) is 5.75 Å². The molecular formula is C20H23N5O2S. The van der Waals surface area contributed by atoms with Gasteiger partial charge in [0.05, 0.1) is 18.0 Å². The lowest BCUT2D eigenvalue weighted by Gasteiger charge is -2.26. The Kier molecular flexibility index (Phi) is 6.65. The molecule has 8 heteroatoms. The number of amides is 1. The first-order valence-electron chi connectivity index (χ1n) is 9.11. The molecule has 0 atom stereocenters. The van der Waals surface area contributed by atoms with Gasteiger partial charge in [-0.25, -0.2) is 0 Å².